The van der Waals surface area contributed by atoms with E-state index in [4.69, 9.17) is 9.47 Å². The minimum absolute atomic E-state index is 0.227. The van der Waals surface area contributed by atoms with Gasteiger partial charge in [0.15, 0.2) is 5.75 Å². The molecule has 108 valence electrons. The van der Waals surface area contributed by atoms with Gasteiger partial charge in [-0.1, -0.05) is 6.92 Å². The Balaban J connectivity index is 2.33. The molecule has 0 bridgehead atoms. The average molecular weight is 267 g/mol. The molecule has 2 heterocycles. The van der Waals surface area contributed by atoms with Crippen molar-refractivity contribution in [2.24, 2.45) is 5.92 Å². The first-order valence-corrected chi connectivity index (χ1v) is 7.15. The Labute approximate surface area is 115 Å². The van der Waals surface area contributed by atoms with Gasteiger partial charge in [-0.05, 0) is 26.8 Å². The topological polar surface area (TPSA) is 48.3 Å². The lowest BCUT2D eigenvalue weighted by atomic mass is 9.89. The van der Waals surface area contributed by atoms with Crippen LogP contribution in [0.3, 0.4) is 0 Å². The average Bonchev–Trinajstić information content (AvgIpc) is 3.06. The molecule has 1 aliphatic heterocycles. The van der Waals surface area contributed by atoms with Crippen LogP contribution in [0, 0.1) is 5.92 Å². The van der Waals surface area contributed by atoms with E-state index in [0.717, 1.165) is 37.4 Å². The molecule has 5 nitrogen and oxygen atoms in total. The number of nitrogens with zero attached hydrogens (tertiary/aromatic N) is 2. The third-order valence-electron chi connectivity index (χ3n) is 4.06. The molecule has 0 spiro atoms. The number of hydrogen-bond donors (Lipinski definition) is 1. The fourth-order valence-corrected chi connectivity index (χ4v) is 3.12. The van der Waals surface area contributed by atoms with Gasteiger partial charge >= 0.3 is 0 Å². The summed E-state index contributed by atoms with van der Waals surface area (Å²) in [5, 5.41) is 7.85. The van der Waals surface area contributed by atoms with Crippen LogP contribution in [-0.2, 0) is 11.3 Å². The van der Waals surface area contributed by atoms with Gasteiger partial charge in [-0.3, -0.25) is 4.68 Å². The fourth-order valence-electron chi connectivity index (χ4n) is 3.12. The molecule has 0 aliphatic carbocycles. The monoisotopic (exact) mass is 267 g/mol. The van der Waals surface area contributed by atoms with Crippen molar-refractivity contribution in [3.63, 3.8) is 0 Å². The third kappa shape index (κ3) is 2.62. The molecule has 1 saturated heterocycles. The minimum atomic E-state index is 0.227. The van der Waals surface area contributed by atoms with Gasteiger partial charge in [0.05, 0.1) is 31.1 Å². The molecule has 1 aromatic heterocycles. The highest BCUT2D eigenvalue weighted by Gasteiger charge is 2.36. The van der Waals surface area contributed by atoms with E-state index in [-0.39, 0.29) is 6.04 Å². The highest BCUT2D eigenvalue weighted by atomic mass is 16.5. The second-order valence-electron chi connectivity index (χ2n) is 4.95. The Morgan fingerprint density at radius 2 is 2.37 bits per heavy atom. The summed E-state index contributed by atoms with van der Waals surface area (Å²) in [6, 6.07) is 0.227. The van der Waals surface area contributed by atoms with E-state index in [9.17, 15) is 0 Å². The largest absolute Gasteiger partial charge is 0.493 e. The second kappa shape index (κ2) is 6.39. The summed E-state index contributed by atoms with van der Waals surface area (Å²) in [6.07, 6.45) is 4.26. The molecule has 1 aromatic rings. The lowest BCUT2D eigenvalue weighted by molar-refractivity contribution is 0.0770. The Hall–Kier alpha value is -1.07. The first-order valence-electron chi connectivity index (χ1n) is 7.15. The molecule has 1 N–H and O–H groups in total. The zero-order valence-electron chi connectivity index (χ0n) is 12.3. The number of rotatable bonds is 6. The van der Waals surface area contributed by atoms with E-state index in [2.05, 4.69) is 24.3 Å². The number of aryl methyl sites for hydroxylation is 1. The zero-order chi connectivity index (χ0) is 13.8. The molecule has 3 unspecified atom stereocenters. The number of aromatic nitrogens is 2. The summed E-state index contributed by atoms with van der Waals surface area (Å²) in [6.45, 7) is 5.99. The summed E-state index contributed by atoms with van der Waals surface area (Å²) in [5.41, 5.74) is 1.14. The Morgan fingerprint density at radius 1 is 1.58 bits per heavy atom. The van der Waals surface area contributed by atoms with Gasteiger partial charge in [0.1, 0.15) is 0 Å². The van der Waals surface area contributed by atoms with Gasteiger partial charge in [-0.25, -0.2) is 0 Å². The van der Waals surface area contributed by atoms with Crippen LogP contribution in [0.4, 0.5) is 0 Å². The van der Waals surface area contributed by atoms with Gasteiger partial charge in [0, 0.05) is 19.1 Å². The highest BCUT2D eigenvalue weighted by molar-refractivity contribution is 5.29. The summed E-state index contributed by atoms with van der Waals surface area (Å²) >= 11 is 0. The van der Waals surface area contributed by atoms with Crippen LogP contribution in [0.1, 0.15) is 38.4 Å². The van der Waals surface area contributed by atoms with Crippen molar-refractivity contribution in [2.75, 3.05) is 20.8 Å². The van der Waals surface area contributed by atoms with Crippen molar-refractivity contribution in [3.8, 4) is 5.75 Å². The Morgan fingerprint density at radius 3 is 2.95 bits per heavy atom. The van der Waals surface area contributed by atoms with Gasteiger partial charge in [-0.2, -0.15) is 5.10 Å². The summed E-state index contributed by atoms with van der Waals surface area (Å²) in [4.78, 5) is 0. The van der Waals surface area contributed by atoms with Crippen LogP contribution in [0.5, 0.6) is 5.75 Å². The van der Waals surface area contributed by atoms with E-state index in [1.165, 1.54) is 0 Å². The van der Waals surface area contributed by atoms with Crippen molar-refractivity contribution in [3.05, 3.63) is 11.9 Å². The van der Waals surface area contributed by atoms with Crippen molar-refractivity contribution < 1.29 is 9.47 Å². The molecule has 5 heteroatoms. The van der Waals surface area contributed by atoms with E-state index >= 15 is 0 Å². The van der Waals surface area contributed by atoms with Crippen LogP contribution in [0.15, 0.2) is 6.20 Å². The molecule has 3 atom stereocenters. The second-order valence-corrected chi connectivity index (χ2v) is 4.95. The minimum Gasteiger partial charge on any atom is -0.493 e. The molecule has 0 amide bonds. The molecule has 19 heavy (non-hydrogen) atoms. The highest BCUT2D eigenvalue weighted by Crippen LogP contribution is 2.38. The maximum Gasteiger partial charge on any atom is 0.161 e. The molecular weight excluding hydrogens is 242 g/mol. The molecule has 2 rings (SSSR count). The molecule has 1 aliphatic rings. The fraction of sp³-hybridized carbons (Fsp3) is 0.786. The molecular formula is C14H25N3O2. The normalized spacial score (nSPS) is 24.6. The lowest BCUT2D eigenvalue weighted by Gasteiger charge is -2.28. The van der Waals surface area contributed by atoms with E-state index in [1.54, 1.807) is 13.3 Å². The van der Waals surface area contributed by atoms with Crippen molar-refractivity contribution in [1.82, 2.24) is 15.1 Å². The molecule has 0 radical (unpaired) electrons. The summed E-state index contributed by atoms with van der Waals surface area (Å²) < 4.78 is 13.3. The number of nitrogens with one attached hydrogen (secondary N) is 1. The molecule has 0 saturated carbocycles. The van der Waals surface area contributed by atoms with Crippen molar-refractivity contribution in [1.29, 1.82) is 0 Å². The summed E-state index contributed by atoms with van der Waals surface area (Å²) in [7, 11) is 3.71. The van der Waals surface area contributed by atoms with E-state index in [0.29, 0.717) is 12.0 Å². The maximum atomic E-state index is 5.83. The standard InChI is InChI=1S/C14H25N3O2/c1-5-11-10(7-8-19-11)13(15-3)14-12(18-4)9-16-17(14)6-2/h9-11,13,15H,5-8H2,1-4H3. The van der Waals surface area contributed by atoms with Crippen LogP contribution >= 0.6 is 0 Å². The van der Waals surface area contributed by atoms with E-state index in [1.807, 2.05) is 11.7 Å². The predicted octanol–water partition coefficient (Wildman–Crippen LogP) is 1.99. The smallest absolute Gasteiger partial charge is 0.161 e. The number of ether oxygens (including phenoxy) is 2. The maximum absolute atomic E-state index is 5.83. The molecule has 1 fully saturated rings. The molecule has 0 aromatic carbocycles. The lowest BCUT2D eigenvalue weighted by Crippen LogP contribution is -2.32. The van der Waals surface area contributed by atoms with Crippen molar-refractivity contribution in [2.45, 2.75) is 45.4 Å². The van der Waals surface area contributed by atoms with Crippen LogP contribution in [-0.4, -0.2) is 36.6 Å². The van der Waals surface area contributed by atoms with Crippen LogP contribution < -0.4 is 10.1 Å². The Bertz CT molecular complexity index is 384. The quantitative estimate of drug-likeness (QED) is 0.856. The van der Waals surface area contributed by atoms with Crippen LogP contribution in [0.25, 0.3) is 0 Å². The first-order chi connectivity index (χ1) is 9.26. The SMILES string of the molecule is CCC1OCCC1C(NC)c1c(OC)cnn1CC. The van der Waals surface area contributed by atoms with E-state index < -0.39 is 0 Å². The van der Waals surface area contributed by atoms with Gasteiger partial charge in [0.2, 0.25) is 0 Å². The predicted molar refractivity (Wildman–Crippen MR) is 74.4 cm³/mol. The number of hydrogen-bond acceptors (Lipinski definition) is 4. The van der Waals surface area contributed by atoms with Gasteiger partial charge in [-0.15, -0.1) is 0 Å². The Kier molecular flexibility index (Phi) is 4.82. The zero-order valence-corrected chi connectivity index (χ0v) is 12.3. The van der Waals surface area contributed by atoms with Crippen LogP contribution in [0.2, 0.25) is 0 Å². The third-order valence-corrected chi connectivity index (χ3v) is 4.06. The van der Waals surface area contributed by atoms with Gasteiger partial charge in [0.25, 0.3) is 0 Å². The number of methoxy groups -OCH3 is 1. The summed E-state index contributed by atoms with van der Waals surface area (Å²) in [5.74, 6) is 1.34. The first kappa shape index (κ1) is 14.3. The van der Waals surface area contributed by atoms with Crippen molar-refractivity contribution >= 4 is 0 Å². The van der Waals surface area contributed by atoms with Gasteiger partial charge < -0.3 is 14.8 Å².